The van der Waals surface area contributed by atoms with Gasteiger partial charge in [-0.2, -0.15) is 13.2 Å². The topological polar surface area (TPSA) is 92.3 Å². The number of sulfone groups is 1. The third kappa shape index (κ3) is 6.56. The van der Waals surface area contributed by atoms with Gasteiger partial charge in [-0.15, -0.1) is 0 Å². The van der Waals surface area contributed by atoms with Gasteiger partial charge >= 0.3 is 5.51 Å². The number of anilines is 2. The molecule has 2 aromatic carbocycles. The zero-order chi connectivity index (χ0) is 24.8. The predicted molar refractivity (Wildman–Crippen MR) is 121 cm³/mol. The van der Waals surface area contributed by atoms with Crippen molar-refractivity contribution < 1.29 is 31.2 Å². The van der Waals surface area contributed by atoms with Gasteiger partial charge in [0.2, 0.25) is 0 Å². The monoisotopic (exact) mass is 498 g/mol. The first-order valence-electron chi connectivity index (χ1n) is 9.16. The number of amides is 2. The summed E-state index contributed by atoms with van der Waals surface area (Å²) in [6.45, 7) is 4.35. The molecule has 33 heavy (non-hydrogen) atoms. The minimum Gasteiger partial charge on any atom is -0.322 e. The van der Waals surface area contributed by atoms with E-state index < -0.39 is 32.1 Å². The number of halogens is 4. The highest BCUT2D eigenvalue weighted by Gasteiger charge is 2.47. The normalized spacial score (nSPS) is 12.8. The molecule has 0 aliphatic rings. The van der Waals surface area contributed by atoms with Crippen molar-refractivity contribution in [2.75, 3.05) is 10.6 Å². The summed E-state index contributed by atoms with van der Waals surface area (Å²) in [5.41, 5.74) is -4.75. The van der Waals surface area contributed by atoms with Crippen LogP contribution < -0.4 is 10.6 Å². The van der Waals surface area contributed by atoms with Gasteiger partial charge in [-0.25, -0.2) is 8.42 Å². The Labute approximate surface area is 193 Å². The zero-order valence-corrected chi connectivity index (χ0v) is 18.7. The van der Waals surface area contributed by atoms with E-state index in [-0.39, 0.29) is 22.0 Å². The van der Waals surface area contributed by atoms with Crippen LogP contribution in [0.25, 0.3) is 0 Å². The molecule has 0 bridgehead atoms. The van der Waals surface area contributed by atoms with Crippen molar-refractivity contribution >= 4 is 44.6 Å². The molecule has 0 aliphatic heterocycles. The van der Waals surface area contributed by atoms with E-state index in [2.05, 4.69) is 17.2 Å². The maximum Gasteiger partial charge on any atom is 0.501 e. The lowest BCUT2D eigenvalue weighted by atomic mass is 10.2. The van der Waals surface area contributed by atoms with Crippen molar-refractivity contribution in [2.24, 2.45) is 0 Å². The number of nitrogens with one attached hydrogen (secondary N) is 2. The van der Waals surface area contributed by atoms with Crippen LogP contribution in [0.3, 0.4) is 0 Å². The molecule has 0 fully saturated rings. The van der Waals surface area contributed by atoms with E-state index in [1.807, 2.05) is 0 Å². The molecule has 174 valence electrons. The van der Waals surface area contributed by atoms with Crippen molar-refractivity contribution in [1.82, 2.24) is 0 Å². The second kappa shape index (κ2) is 10.5. The first-order chi connectivity index (χ1) is 15.4. The van der Waals surface area contributed by atoms with E-state index in [4.69, 9.17) is 11.6 Å². The van der Waals surface area contributed by atoms with Gasteiger partial charge in [0.25, 0.3) is 21.7 Å². The molecule has 0 heterocycles. The Bertz CT molecular complexity index is 1240. The Morgan fingerprint density at radius 1 is 1.03 bits per heavy atom. The largest absolute Gasteiger partial charge is 0.501 e. The van der Waals surface area contributed by atoms with Crippen molar-refractivity contribution in [1.29, 1.82) is 0 Å². The fourth-order valence-corrected chi connectivity index (χ4v) is 3.29. The van der Waals surface area contributed by atoms with Crippen LogP contribution in [-0.2, 0) is 14.6 Å². The van der Waals surface area contributed by atoms with Crippen LogP contribution in [0, 0.1) is 0 Å². The van der Waals surface area contributed by atoms with E-state index in [0.717, 1.165) is 6.08 Å². The number of carbonyl (C=O) groups excluding carboxylic acids is 2. The first-order valence-corrected chi connectivity index (χ1v) is 11.0. The van der Waals surface area contributed by atoms with Gasteiger partial charge in [0.05, 0.1) is 15.6 Å². The van der Waals surface area contributed by atoms with E-state index in [9.17, 15) is 31.2 Å². The van der Waals surface area contributed by atoms with E-state index >= 15 is 0 Å². The fourth-order valence-electron chi connectivity index (χ4n) is 2.40. The molecule has 0 saturated carbocycles. The lowest BCUT2D eigenvalue weighted by Gasteiger charge is -2.11. The summed E-state index contributed by atoms with van der Waals surface area (Å²) in [6.07, 6.45) is 2.09. The smallest absolute Gasteiger partial charge is 0.322 e. The molecule has 0 aliphatic carbocycles. The van der Waals surface area contributed by atoms with Crippen LogP contribution in [0.5, 0.6) is 0 Å². The zero-order valence-electron chi connectivity index (χ0n) is 17.1. The molecule has 0 saturated heterocycles. The summed E-state index contributed by atoms with van der Waals surface area (Å²) in [5, 5.41) is 5.32. The lowest BCUT2D eigenvalue weighted by Crippen LogP contribution is -2.24. The molecule has 0 spiro atoms. The molecule has 11 heteroatoms. The number of allylic oxidation sites excluding steroid dienone is 3. The molecule has 6 nitrogen and oxygen atoms in total. The standard InChI is InChI=1S/C22H18ClF3N2O4S/c1-3-17(33(31,32)22(24,25)26)11-9-14(2)20(29)27-16-10-12-18(23)19(13-16)28-21(30)15-7-5-4-6-8-15/h3-13H,1H2,2H3,(H,27,29)(H,28,30)/b14-9+,17-11+. The number of benzene rings is 2. The number of hydrogen-bond donors (Lipinski definition) is 2. The van der Waals surface area contributed by atoms with Crippen LogP contribution >= 0.6 is 11.6 Å². The van der Waals surface area contributed by atoms with Gasteiger partial charge in [0.15, 0.2) is 0 Å². The van der Waals surface area contributed by atoms with Crippen molar-refractivity contribution in [3.63, 3.8) is 0 Å². The van der Waals surface area contributed by atoms with Gasteiger partial charge in [-0.1, -0.05) is 48.5 Å². The van der Waals surface area contributed by atoms with Gasteiger partial charge in [0, 0.05) is 16.8 Å². The first kappa shape index (κ1) is 25.9. The quantitative estimate of drug-likeness (QED) is 0.390. The van der Waals surface area contributed by atoms with E-state index in [1.165, 1.54) is 25.1 Å². The Morgan fingerprint density at radius 3 is 2.24 bits per heavy atom. The van der Waals surface area contributed by atoms with E-state index in [0.29, 0.717) is 17.7 Å². The maximum atomic E-state index is 12.7. The molecule has 2 aromatic rings. The Balaban J connectivity index is 2.20. The summed E-state index contributed by atoms with van der Waals surface area (Å²) >= 11 is 6.10. The van der Waals surface area contributed by atoms with Gasteiger partial charge < -0.3 is 10.6 Å². The fraction of sp³-hybridized carbons (Fsp3) is 0.0909. The SMILES string of the molecule is C=C/C(=C\C=C(/C)C(=O)Nc1ccc(Cl)c(NC(=O)c2ccccc2)c1)S(=O)(=O)C(F)(F)F. The van der Waals surface area contributed by atoms with Gasteiger partial charge in [-0.05, 0) is 43.3 Å². The molecular weight excluding hydrogens is 481 g/mol. The van der Waals surface area contributed by atoms with Crippen molar-refractivity contribution in [3.8, 4) is 0 Å². The average Bonchev–Trinajstić information content (AvgIpc) is 2.75. The maximum absolute atomic E-state index is 12.7. The number of carbonyl (C=O) groups is 2. The van der Waals surface area contributed by atoms with Crippen molar-refractivity contribution in [2.45, 2.75) is 12.4 Å². The number of hydrogen-bond acceptors (Lipinski definition) is 4. The Morgan fingerprint density at radius 2 is 1.67 bits per heavy atom. The minimum absolute atomic E-state index is 0.0865. The summed E-state index contributed by atoms with van der Waals surface area (Å²) in [4.78, 5) is 23.6. The second-order valence-corrected chi connectivity index (χ2v) is 8.89. The second-order valence-electron chi connectivity index (χ2n) is 6.54. The van der Waals surface area contributed by atoms with Crippen LogP contribution in [0.15, 0.2) is 83.8 Å². The molecule has 0 unspecified atom stereocenters. The average molecular weight is 499 g/mol. The Hall–Kier alpha value is -3.37. The molecule has 2 rings (SSSR count). The van der Waals surface area contributed by atoms with Gasteiger partial charge in [0.1, 0.15) is 0 Å². The summed E-state index contributed by atoms with van der Waals surface area (Å²) in [5.74, 6) is -1.15. The lowest BCUT2D eigenvalue weighted by molar-refractivity contribution is -0.112. The highest BCUT2D eigenvalue weighted by atomic mass is 35.5. The predicted octanol–water partition coefficient (Wildman–Crippen LogP) is 5.48. The number of alkyl halides is 3. The molecule has 0 aromatic heterocycles. The molecule has 2 amide bonds. The highest BCUT2D eigenvalue weighted by molar-refractivity contribution is 7.96. The van der Waals surface area contributed by atoms with Crippen LogP contribution in [0.2, 0.25) is 5.02 Å². The summed E-state index contributed by atoms with van der Waals surface area (Å²) in [6, 6.07) is 12.6. The highest BCUT2D eigenvalue weighted by Crippen LogP contribution is 2.30. The molecule has 2 N–H and O–H groups in total. The molecule has 0 atom stereocenters. The third-order valence-corrected chi connectivity index (χ3v) is 6.04. The molecular formula is C22H18ClF3N2O4S. The summed E-state index contributed by atoms with van der Waals surface area (Å²) < 4.78 is 61.0. The molecule has 0 radical (unpaired) electrons. The van der Waals surface area contributed by atoms with Crippen LogP contribution in [-0.4, -0.2) is 25.7 Å². The van der Waals surface area contributed by atoms with E-state index in [1.54, 1.807) is 30.3 Å². The van der Waals surface area contributed by atoms with Crippen LogP contribution in [0.1, 0.15) is 17.3 Å². The van der Waals surface area contributed by atoms with Gasteiger partial charge in [-0.3, -0.25) is 9.59 Å². The summed E-state index contributed by atoms with van der Waals surface area (Å²) in [7, 11) is -5.60. The van der Waals surface area contributed by atoms with Crippen molar-refractivity contribution in [3.05, 3.63) is 94.4 Å². The Kier molecular flexibility index (Phi) is 8.23. The minimum atomic E-state index is -5.60. The number of rotatable bonds is 7. The third-order valence-electron chi connectivity index (χ3n) is 4.18. The van der Waals surface area contributed by atoms with Crippen LogP contribution in [0.4, 0.5) is 24.5 Å².